The molecule has 9 heteroatoms. The fourth-order valence-corrected chi connectivity index (χ4v) is 2.00. The van der Waals surface area contributed by atoms with Gasteiger partial charge in [0.1, 0.15) is 0 Å². The first-order valence-corrected chi connectivity index (χ1v) is 8.04. The van der Waals surface area contributed by atoms with E-state index in [1.54, 1.807) is 19.2 Å². The van der Waals surface area contributed by atoms with Gasteiger partial charge in [-0.2, -0.15) is 13.2 Å². The number of hydrogen-bond donors (Lipinski definition) is 2. The van der Waals surface area contributed by atoms with E-state index in [1.807, 2.05) is 0 Å². The predicted octanol–water partition coefficient (Wildman–Crippen LogP) is 3.89. The molecule has 0 aromatic carbocycles. The Bertz CT molecular complexity index is 512. The SMILES string of the molecule is CCCCCCNC(=NC)NCc1cccnc1OCC(F)(F)F.I. The molecule has 0 aliphatic carbocycles. The first-order chi connectivity index (χ1) is 11.5. The summed E-state index contributed by atoms with van der Waals surface area (Å²) in [5, 5.41) is 6.22. The highest BCUT2D eigenvalue weighted by molar-refractivity contribution is 14.0. The molecule has 144 valence electrons. The number of aromatic nitrogens is 1. The molecule has 0 spiro atoms. The van der Waals surface area contributed by atoms with Gasteiger partial charge in [0.2, 0.25) is 5.88 Å². The second-order valence-corrected chi connectivity index (χ2v) is 5.28. The average molecular weight is 474 g/mol. The van der Waals surface area contributed by atoms with E-state index in [9.17, 15) is 13.2 Å². The largest absolute Gasteiger partial charge is 0.468 e. The topological polar surface area (TPSA) is 58.5 Å². The summed E-state index contributed by atoms with van der Waals surface area (Å²) in [4.78, 5) is 7.95. The molecule has 0 amide bonds. The number of ether oxygens (including phenoxy) is 1. The van der Waals surface area contributed by atoms with Crippen LogP contribution in [0.25, 0.3) is 0 Å². The molecule has 1 rings (SSSR count). The Hall–Kier alpha value is -1.26. The van der Waals surface area contributed by atoms with Crippen LogP contribution in [0.5, 0.6) is 5.88 Å². The molecule has 0 aliphatic rings. The normalized spacial score (nSPS) is 11.6. The van der Waals surface area contributed by atoms with Crippen LogP contribution in [-0.2, 0) is 6.54 Å². The van der Waals surface area contributed by atoms with Crippen molar-refractivity contribution in [3.63, 3.8) is 0 Å². The van der Waals surface area contributed by atoms with Crippen LogP contribution in [0.4, 0.5) is 13.2 Å². The van der Waals surface area contributed by atoms with Crippen molar-refractivity contribution in [2.45, 2.75) is 45.3 Å². The maximum absolute atomic E-state index is 12.3. The molecule has 0 bridgehead atoms. The molecular weight excluding hydrogens is 448 g/mol. The molecule has 1 aromatic heterocycles. The first kappa shape index (κ1) is 23.7. The Morgan fingerprint density at radius 1 is 1.24 bits per heavy atom. The molecular formula is C16H26F3IN4O. The van der Waals surface area contributed by atoms with Gasteiger partial charge >= 0.3 is 6.18 Å². The highest BCUT2D eigenvalue weighted by Crippen LogP contribution is 2.19. The number of nitrogens with one attached hydrogen (secondary N) is 2. The van der Waals surface area contributed by atoms with Crippen molar-refractivity contribution in [2.75, 3.05) is 20.2 Å². The zero-order chi connectivity index (χ0) is 17.8. The highest BCUT2D eigenvalue weighted by Gasteiger charge is 2.29. The molecule has 25 heavy (non-hydrogen) atoms. The van der Waals surface area contributed by atoms with Crippen molar-refractivity contribution in [3.05, 3.63) is 23.9 Å². The van der Waals surface area contributed by atoms with Gasteiger partial charge in [-0.05, 0) is 12.5 Å². The number of aliphatic imine (C=N–C) groups is 1. The van der Waals surface area contributed by atoms with Crippen molar-refractivity contribution >= 4 is 29.9 Å². The van der Waals surface area contributed by atoms with Gasteiger partial charge in [-0.15, -0.1) is 24.0 Å². The van der Waals surface area contributed by atoms with Crippen LogP contribution >= 0.6 is 24.0 Å². The molecule has 0 saturated carbocycles. The number of nitrogens with zero attached hydrogens (tertiary/aromatic N) is 2. The van der Waals surface area contributed by atoms with Crippen LogP contribution in [0.3, 0.4) is 0 Å². The number of unbranched alkanes of at least 4 members (excludes halogenated alkanes) is 3. The number of hydrogen-bond acceptors (Lipinski definition) is 3. The number of rotatable bonds is 9. The molecule has 5 nitrogen and oxygen atoms in total. The van der Waals surface area contributed by atoms with Gasteiger partial charge < -0.3 is 15.4 Å². The van der Waals surface area contributed by atoms with Crippen molar-refractivity contribution in [3.8, 4) is 5.88 Å². The molecule has 2 N–H and O–H groups in total. The van der Waals surface area contributed by atoms with Gasteiger partial charge in [0, 0.05) is 31.9 Å². The van der Waals surface area contributed by atoms with E-state index in [2.05, 4.69) is 27.5 Å². The van der Waals surface area contributed by atoms with Crippen LogP contribution in [0.15, 0.2) is 23.3 Å². The molecule has 0 saturated heterocycles. The third kappa shape index (κ3) is 11.1. The molecule has 0 fully saturated rings. The van der Waals surface area contributed by atoms with E-state index in [0.29, 0.717) is 11.5 Å². The van der Waals surface area contributed by atoms with Crippen LogP contribution in [-0.4, -0.2) is 37.3 Å². The minimum Gasteiger partial charge on any atom is -0.468 e. The van der Waals surface area contributed by atoms with Gasteiger partial charge in [0.05, 0.1) is 0 Å². The molecule has 1 aromatic rings. The van der Waals surface area contributed by atoms with Gasteiger partial charge in [-0.25, -0.2) is 4.98 Å². The van der Waals surface area contributed by atoms with Crippen LogP contribution in [0.2, 0.25) is 0 Å². The quantitative estimate of drug-likeness (QED) is 0.247. The summed E-state index contributed by atoms with van der Waals surface area (Å²) in [6.45, 7) is 1.86. The summed E-state index contributed by atoms with van der Waals surface area (Å²) in [6, 6.07) is 3.32. The number of halogens is 4. The molecule has 0 radical (unpaired) electrons. The molecule has 0 atom stereocenters. The average Bonchev–Trinajstić information content (AvgIpc) is 2.55. The van der Waals surface area contributed by atoms with Crippen molar-refractivity contribution in [1.29, 1.82) is 0 Å². The third-order valence-electron chi connectivity index (χ3n) is 3.22. The van der Waals surface area contributed by atoms with E-state index < -0.39 is 12.8 Å². The number of guanidine groups is 1. The van der Waals surface area contributed by atoms with Crippen LogP contribution in [0, 0.1) is 0 Å². The highest BCUT2D eigenvalue weighted by atomic mass is 127. The van der Waals surface area contributed by atoms with Crippen LogP contribution in [0.1, 0.15) is 38.2 Å². The third-order valence-corrected chi connectivity index (χ3v) is 3.22. The summed E-state index contributed by atoms with van der Waals surface area (Å²) in [7, 11) is 1.64. The Balaban J connectivity index is 0.00000576. The van der Waals surface area contributed by atoms with Gasteiger partial charge in [-0.3, -0.25) is 4.99 Å². The van der Waals surface area contributed by atoms with E-state index in [1.165, 1.54) is 19.0 Å². The van der Waals surface area contributed by atoms with E-state index in [0.717, 1.165) is 19.4 Å². The predicted molar refractivity (Wildman–Crippen MR) is 104 cm³/mol. The summed E-state index contributed by atoms with van der Waals surface area (Å²) in [5.41, 5.74) is 0.538. The summed E-state index contributed by atoms with van der Waals surface area (Å²) in [5.74, 6) is 0.567. The van der Waals surface area contributed by atoms with Gasteiger partial charge in [-0.1, -0.05) is 32.3 Å². The van der Waals surface area contributed by atoms with Crippen molar-refractivity contribution in [1.82, 2.24) is 15.6 Å². The second-order valence-electron chi connectivity index (χ2n) is 5.28. The monoisotopic (exact) mass is 474 g/mol. The van der Waals surface area contributed by atoms with E-state index in [-0.39, 0.29) is 36.4 Å². The number of alkyl halides is 3. The Labute approximate surface area is 163 Å². The standard InChI is InChI=1S/C16H25F3N4O.HI/c1-3-4-5-6-9-22-15(20-2)23-11-13-8-7-10-21-14(13)24-12-16(17,18)19;/h7-8,10H,3-6,9,11-12H2,1-2H3,(H2,20,22,23);1H. The maximum Gasteiger partial charge on any atom is 0.422 e. The summed E-state index contributed by atoms with van der Waals surface area (Å²) < 4.78 is 41.6. The Kier molecular flexibility index (Phi) is 12.4. The van der Waals surface area contributed by atoms with Crippen molar-refractivity contribution < 1.29 is 17.9 Å². The number of pyridine rings is 1. The lowest BCUT2D eigenvalue weighted by Gasteiger charge is -2.14. The zero-order valence-corrected chi connectivity index (χ0v) is 16.9. The Morgan fingerprint density at radius 3 is 2.64 bits per heavy atom. The Morgan fingerprint density at radius 2 is 2.00 bits per heavy atom. The van der Waals surface area contributed by atoms with E-state index in [4.69, 9.17) is 4.74 Å². The second kappa shape index (κ2) is 13.0. The van der Waals surface area contributed by atoms with Crippen LogP contribution < -0.4 is 15.4 Å². The fourth-order valence-electron chi connectivity index (χ4n) is 2.00. The lowest BCUT2D eigenvalue weighted by Crippen LogP contribution is -2.37. The molecule has 0 aliphatic heterocycles. The van der Waals surface area contributed by atoms with Crippen molar-refractivity contribution in [2.24, 2.45) is 4.99 Å². The smallest absolute Gasteiger partial charge is 0.422 e. The molecule has 1 heterocycles. The lowest BCUT2D eigenvalue weighted by molar-refractivity contribution is -0.154. The van der Waals surface area contributed by atoms with Gasteiger partial charge in [0.15, 0.2) is 12.6 Å². The molecule has 0 unspecified atom stereocenters. The minimum absolute atomic E-state index is 0. The first-order valence-electron chi connectivity index (χ1n) is 8.04. The minimum atomic E-state index is -4.39. The van der Waals surface area contributed by atoms with Gasteiger partial charge in [0.25, 0.3) is 0 Å². The summed E-state index contributed by atoms with van der Waals surface area (Å²) >= 11 is 0. The summed E-state index contributed by atoms with van der Waals surface area (Å²) in [6.07, 6.45) is 1.58. The lowest BCUT2D eigenvalue weighted by atomic mass is 10.2. The zero-order valence-electron chi connectivity index (χ0n) is 14.5. The maximum atomic E-state index is 12.3. The van der Waals surface area contributed by atoms with E-state index >= 15 is 0 Å². The fraction of sp³-hybridized carbons (Fsp3) is 0.625.